The molecule has 4 heterocycles. The lowest BCUT2D eigenvalue weighted by Gasteiger charge is -2.21. The molecule has 0 radical (unpaired) electrons. The van der Waals surface area contributed by atoms with Crippen LogP contribution in [0.25, 0.3) is 22.2 Å². The molecular weight excluding hydrogens is 344 g/mol. The van der Waals surface area contributed by atoms with Crippen molar-refractivity contribution < 1.29 is 0 Å². The van der Waals surface area contributed by atoms with Gasteiger partial charge in [-0.1, -0.05) is 18.2 Å². The summed E-state index contributed by atoms with van der Waals surface area (Å²) in [7, 11) is 2.23. The SMILES string of the molecule is CN1CC2CN(c3ccc(-c4cccc5ncccc45)nc3)CC2C1.Cl. The van der Waals surface area contributed by atoms with Crippen molar-refractivity contribution in [1.82, 2.24) is 14.9 Å². The van der Waals surface area contributed by atoms with E-state index in [1.54, 1.807) is 0 Å². The lowest BCUT2D eigenvalue weighted by Crippen LogP contribution is -2.26. The molecule has 2 saturated heterocycles. The molecule has 5 rings (SSSR count). The van der Waals surface area contributed by atoms with Gasteiger partial charge in [0.05, 0.1) is 23.1 Å². The number of fused-ring (bicyclic) bond motifs is 2. The number of benzene rings is 1. The Morgan fingerprint density at radius 2 is 1.69 bits per heavy atom. The number of hydrogen-bond donors (Lipinski definition) is 0. The highest BCUT2D eigenvalue weighted by Crippen LogP contribution is 2.34. The monoisotopic (exact) mass is 366 g/mol. The second-order valence-electron chi connectivity index (χ2n) is 7.42. The molecule has 2 aliphatic heterocycles. The van der Waals surface area contributed by atoms with Crippen LogP contribution < -0.4 is 4.90 Å². The first-order chi connectivity index (χ1) is 12.3. The lowest BCUT2D eigenvalue weighted by atomic mass is 10.0. The molecule has 2 fully saturated rings. The molecule has 2 atom stereocenters. The van der Waals surface area contributed by atoms with Gasteiger partial charge >= 0.3 is 0 Å². The van der Waals surface area contributed by atoms with Crippen molar-refractivity contribution in [2.75, 3.05) is 38.1 Å². The first-order valence-corrected chi connectivity index (χ1v) is 9.01. The van der Waals surface area contributed by atoms with E-state index in [4.69, 9.17) is 4.98 Å². The van der Waals surface area contributed by atoms with E-state index in [-0.39, 0.29) is 12.4 Å². The van der Waals surface area contributed by atoms with Crippen molar-refractivity contribution >= 4 is 29.0 Å². The van der Waals surface area contributed by atoms with Crippen molar-refractivity contribution in [3.05, 3.63) is 54.9 Å². The minimum Gasteiger partial charge on any atom is -0.370 e. The Kier molecular flexibility index (Phi) is 4.55. The summed E-state index contributed by atoms with van der Waals surface area (Å²) in [5.74, 6) is 1.63. The summed E-state index contributed by atoms with van der Waals surface area (Å²) in [6.45, 7) is 4.79. The molecule has 1 aromatic carbocycles. The average molecular weight is 367 g/mol. The molecule has 0 amide bonds. The molecule has 2 aromatic heterocycles. The summed E-state index contributed by atoms with van der Waals surface area (Å²) in [4.78, 5) is 14.2. The Bertz CT molecular complexity index is 892. The van der Waals surface area contributed by atoms with Crippen molar-refractivity contribution in [1.29, 1.82) is 0 Å². The molecule has 0 N–H and O–H groups in total. The van der Waals surface area contributed by atoms with Gasteiger partial charge in [-0.05, 0) is 43.1 Å². The largest absolute Gasteiger partial charge is 0.370 e. The number of anilines is 1. The van der Waals surface area contributed by atoms with Crippen LogP contribution in [0.5, 0.6) is 0 Å². The highest BCUT2D eigenvalue weighted by molar-refractivity contribution is 5.93. The van der Waals surface area contributed by atoms with E-state index in [9.17, 15) is 0 Å². The minimum atomic E-state index is 0. The second kappa shape index (κ2) is 6.86. The number of nitrogens with zero attached hydrogens (tertiary/aromatic N) is 4. The highest BCUT2D eigenvalue weighted by atomic mass is 35.5. The Morgan fingerprint density at radius 1 is 0.885 bits per heavy atom. The lowest BCUT2D eigenvalue weighted by molar-refractivity contribution is 0.387. The maximum absolute atomic E-state index is 4.77. The second-order valence-corrected chi connectivity index (χ2v) is 7.42. The molecule has 0 saturated carbocycles. The first-order valence-electron chi connectivity index (χ1n) is 9.01. The number of hydrogen-bond acceptors (Lipinski definition) is 4. The number of aromatic nitrogens is 2. The third kappa shape index (κ3) is 2.93. The summed E-state index contributed by atoms with van der Waals surface area (Å²) in [5, 5.41) is 1.16. The van der Waals surface area contributed by atoms with E-state index in [1.807, 2.05) is 24.5 Å². The maximum atomic E-state index is 4.77. The van der Waals surface area contributed by atoms with Gasteiger partial charge < -0.3 is 9.80 Å². The minimum absolute atomic E-state index is 0. The van der Waals surface area contributed by atoms with Gasteiger partial charge in [-0.2, -0.15) is 0 Å². The van der Waals surface area contributed by atoms with Gasteiger partial charge in [0.25, 0.3) is 0 Å². The standard InChI is InChI=1S/C21H22N4.ClH/c1-24-11-15-13-25(14-16(15)12-24)17-7-8-21(23-10-17)18-4-2-6-20-19(18)5-3-9-22-20;/h2-10,15-16H,11-14H2,1H3;1H. The molecule has 26 heavy (non-hydrogen) atoms. The van der Waals surface area contributed by atoms with Crippen LogP contribution in [0.15, 0.2) is 54.9 Å². The zero-order chi connectivity index (χ0) is 16.8. The van der Waals surface area contributed by atoms with E-state index >= 15 is 0 Å². The number of pyridine rings is 2. The highest BCUT2D eigenvalue weighted by Gasteiger charge is 2.38. The first kappa shape index (κ1) is 17.3. The summed E-state index contributed by atoms with van der Waals surface area (Å²) in [6.07, 6.45) is 3.87. The fourth-order valence-electron chi connectivity index (χ4n) is 4.50. The van der Waals surface area contributed by atoms with E-state index < -0.39 is 0 Å². The van der Waals surface area contributed by atoms with Crippen LogP contribution in [-0.4, -0.2) is 48.1 Å². The molecule has 2 unspecified atom stereocenters. The number of rotatable bonds is 2. The fraction of sp³-hybridized carbons (Fsp3) is 0.333. The number of halogens is 1. The van der Waals surface area contributed by atoms with Crippen LogP contribution in [0.1, 0.15) is 0 Å². The van der Waals surface area contributed by atoms with Gasteiger partial charge in [0, 0.05) is 43.3 Å². The van der Waals surface area contributed by atoms with Gasteiger partial charge in [-0.25, -0.2) is 0 Å². The summed E-state index contributed by atoms with van der Waals surface area (Å²) < 4.78 is 0. The van der Waals surface area contributed by atoms with Gasteiger partial charge in [-0.3, -0.25) is 9.97 Å². The maximum Gasteiger partial charge on any atom is 0.0710 e. The van der Waals surface area contributed by atoms with Crippen molar-refractivity contribution in [2.24, 2.45) is 11.8 Å². The van der Waals surface area contributed by atoms with Crippen LogP contribution >= 0.6 is 12.4 Å². The number of likely N-dealkylation sites (tertiary alicyclic amines) is 1. The fourth-order valence-corrected chi connectivity index (χ4v) is 4.50. The van der Waals surface area contributed by atoms with Crippen molar-refractivity contribution in [3.63, 3.8) is 0 Å². The normalized spacial score (nSPS) is 22.4. The molecule has 4 nitrogen and oxygen atoms in total. The van der Waals surface area contributed by atoms with Crippen molar-refractivity contribution in [3.8, 4) is 11.3 Å². The van der Waals surface area contributed by atoms with Crippen LogP contribution in [0, 0.1) is 11.8 Å². The molecule has 0 aliphatic carbocycles. The Hall–Kier alpha value is -2.17. The van der Waals surface area contributed by atoms with Gasteiger partial charge in [0.15, 0.2) is 0 Å². The van der Waals surface area contributed by atoms with Crippen LogP contribution in [0.2, 0.25) is 0 Å². The third-order valence-electron chi connectivity index (χ3n) is 5.70. The van der Waals surface area contributed by atoms with Crippen LogP contribution in [-0.2, 0) is 0 Å². The quantitative estimate of drug-likeness (QED) is 0.692. The smallest absolute Gasteiger partial charge is 0.0710 e. The average Bonchev–Trinajstić information content (AvgIpc) is 3.19. The Balaban J connectivity index is 0.00000168. The molecule has 5 heteroatoms. The van der Waals surface area contributed by atoms with Crippen molar-refractivity contribution in [2.45, 2.75) is 0 Å². The Labute approximate surface area is 160 Å². The summed E-state index contributed by atoms with van der Waals surface area (Å²) in [5.41, 5.74) is 4.43. The van der Waals surface area contributed by atoms with Gasteiger partial charge in [-0.15, -0.1) is 12.4 Å². The predicted octanol–water partition coefficient (Wildman–Crippen LogP) is 3.72. The zero-order valence-corrected chi connectivity index (χ0v) is 15.7. The zero-order valence-electron chi connectivity index (χ0n) is 14.9. The molecular formula is C21H23ClN4. The van der Waals surface area contributed by atoms with Gasteiger partial charge in [0.1, 0.15) is 0 Å². The van der Waals surface area contributed by atoms with Crippen LogP contribution in [0.3, 0.4) is 0 Å². The van der Waals surface area contributed by atoms with E-state index in [0.717, 1.165) is 47.1 Å². The topological polar surface area (TPSA) is 32.3 Å². The third-order valence-corrected chi connectivity index (χ3v) is 5.70. The van der Waals surface area contributed by atoms with Crippen LogP contribution in [0.4, 0.5) is 5.69 Å². The molecule has 0 bridgehead atoms. The molecule has 0 spiro atoms. The van der Waals surface area contributed by atoms with E-state index in [0.29, 0.717) is 0 Å². The van der Waals surface area contributed by atoms with E-state index in [1.165, 1.54) is 18.8 Å². The summed E-state index contributed by atoms with van der Waals surface area (Å²) in [6, 6.07) is 14.7. The van der Waals surface area contributed by atoms with E-state index in [2.05, 4.69) is 52.2 Å². The molecule has 3 aromatic rings. The Morgan fingerprint density at radius 3 is 2.42 bits per heavy atom. The summed E-state index contributed by atoms with van der Waals surface area (Å²) >= 11 is 0. The molecule has 134 valence electrons. The van der Waals surface area contributed by atoms with Gasteiger partial charge in [0.2, 0.25) is 0 Å². The predicted molar refractivity (Wildman–Crippen MR) is 109 cm³/mol. The molecule has 2 aliphatic rings.